The Labute approximate surface area is 105 Å². The predicted molar refractivity (Wildman–Crippen MR) is 73.1 cm³/mol. The molecule has 0 aliphatic heterocycles. The number of Topliss-reactive ketones (excluding diaryl/α,β-unsaturated/α-hetero) is 1. The van der Waals surface area contributed by atoms with Crippen molar-refractivity contribution in [3.8, 4) is 0 Å². The number of carbonyl (C=O) groups is 1. The maximum absolute atomic E-state index is 12.4. The second-order valence-electron chi connectivity index (χ2n) is 6.34. The molecular formula is C16H24O. The third-order valence-corrected chi connectivity index (χ3v) is 2.88. The Balaban J connectivity index is 2.92. The molecule has 1 aromatic rings. The number of ketones is 1. The first-order chi connectivity index (χ1) is 7.81. The maximum atomic E-state index is 12.4. The summed E-state index contributed by atoms with van der Waals surface area (Å²) in [7, 11) is 0. The second-order valence-corrected chi connectivity index (χ2v) is 6.34. The Morgan fingerprint density at radius 3 is 2.06 bits per heavy atom. The van der Waals surface area contributed by atoms with Crippen LogP contribution in [0.5, 0.6) is 0 Å². The van der Waals surface area contributed by atoms with Crippen LogP contribution in [-0.2, 0) is 4.79 Å². The van der Waals surface area contributed by atoms with Gasteiger partial charge in [0.25, 0.3) is 0 Å². The van der Waals surface area contributed by atoms with Gasteiger partial charge in [0, 0.05) is 12.3 Å². The summed E-state index contributed by atoms with van der Waals surface area (Å²) in [6.07, 6.45) is 0.644. The highest BCUT2D eigenvalue weighted by Crippen LogP contribution is 2.30. The van der Waals surface area contributed by atoms with Crippen LogP contribution in [0.2, 0.25) is 0 Å². The van der Waals surface area contributed by atoms with Crippen LogP contribution in [0.1, 0.15) is 52.5 Å². The van der Waals surface area contributed by atoms with E-state index >= 15 is 0 Å². The zero-order chi connectivity index (χ0) is 13.1. The monoisotopic (exact) mass is 232 g/mol. The molecule has 1 aromatic carbocycles. The van der Waals surface area contributed by atoms with Gasteiger partial charge in [-0.05, 0) is 16.9 Å². The highest BCUT2D eigenvalue weighted by atomic mass is 16.1. The van der Waals surface area contributed by atoms with E-state index in [1.54, 1.807) is 0 Å². The van der Waals surface area contributed by atoms with Crippen LogP contribution in [0.3, 0.4) is 0 Å². The van der Waals surface area contributed by atoms with Gasteiger partial charge in [0.2, 0.25) is 0 Å². The molecule has 0 saturated heterocycles. The van der Waals surface area contributed by atoms with Crippen molar-refractivity contribution in [2.45, 2.75) is 47.0 Å². The van der Waals surface area contributed by atoms with Crippen LogP contribution in [0, 0.1) is 11.3 Å². The standard InChI is InChI=1S/C16H24O/c1-12(2)15(13-9-7-6-8-10-13)14(17)11-16(3,4)5/h6-10,12,15H,11H2,1-5H3. The molecule has 0 amide bonds. The third kappa shape index (κ3) is 4.33. The Hall–Kier alpha value is -1.11. The van der Waals surface area contributed by atoms with Gasteiger partial charge in [0.1, 0.15) is 5.78 Å². The molecule has 0 heterocycles. The molecule has 17 heavy (non-hydrogen) atoms. The summed E-state index contributed by atoms with van der Waals surface area (Å²) >= 11 is 0. The van der Waals surface area contributed by atoms with Crippen molar-refractivity contribution < 1.29 is 4.79 Å². The van der Waals surface area contributed by atoms with Crippen molar-refractivity contribution in [1.29, 1.82) is 0 Å². The molecule has 0 fully saturated rings. The van der Waals surface area contributed by atoms with E-state index in [2.05, 4.69) is 46.8 Å². The number of benzene rings is 1. The van der Waals surface area contributed by atoms with E-state index in [1.165, 1.54) is 0 Å². The van der Waals surface area contributed by atoms with Crippen molar-refractivity contribution in [3.05, 3.63) is 35.9 Å². The van der Waals surface area contributed by atoms with Gasteiger partial charge < -0.3 is 0 Å². The molecule has 0 spiro atoms. The van der Waals surface area contributed by atoms with Crippen molar-refractivity contribution in [3.63, 3.8) is 0 Å². The lowest BCUT2D eigenvalue weighted by Crippen LogP contribution is -2.23. The SMILES string of the molecule is CC(C)C(C(=O)CC(C)(C)C)c1ccccc1. The summed E-state index contributed by atoms with van der Waals surface area (Å²) in [5.74, 6) is 0.751. The van der Waals surface area contributed by atoms with Gasteiger partial charge in [-0.3, -0.25) is 4.79 Å². The Morgan fingerprint density at radius 2 is 1.65 bits per heavy atom. The molecule has 1 heteroatoms. The number of hydrogen-bond acceptors (Lipinski definition) is 1. The number of rotatable bonds is 4. The van der Waals surface area contributed by atoms with Crippen LogP contribution in [0.4, 0.5) is 0 Å². The summed E-state index contributed by atoms with van der Waals surface area (Å²) in [5, 5.41) is 0. The first-order valence-electron chi connectivity index (χ1n) is 6.39. The summed E-state index contributed by atoms with van der Waals surface area (Å²) in [6, 6.07) is 10.1. The van der Waals surface area contributed by atoms with E-state index in [9.17, 15) is 4.79 Å². The zero-order valence-electron chi connectivity index (χ0n) is 11.7. The van der Waals surface area contributed by atoms with Crippen molar-refractivity contribution >= 4 is 5.78 Å². The van der Waals surface area contributed by atoms with Crippen LogP contribution in [0.15, 0.2) is 30.3 Å². The average molecular weight is 232 g/mol. The molecule has 1 unspecified atom stereocenters. The molecule has 0 bridgehead atoms. The molecule has 94 valence electrons. The smallest absolute Gasteiger partial charge is 0.141 e. The van der Waals surface area contributed by atoms with Crippen LogP contribution in [0.25, 0.3) is 0 Å². The fraction of sp³-hybridized carbons (Fsp3) is 0.562. The molecular weight excluding hydrogens is 208 g/mol. The minimum absolute atomic E-state index is 0.0374. The van der Waals surface area contributed by atoms with Crippen LogP contribution in [-0.4, -0.2) is 5.78 Å². The first kappa shape index (κ1) is 14.0. The number of carbonyl (C=O) groups excluding carboxylic acids is 1. The first-order valence-corrected chi connectivity index (χ1v) is 6.39. The molecule has 1 atom stereocenters. The minimum atomic E-state index is 0.0374. The quantitative estimate of drug-likeness (QED) is 0.750. The lowest BCUT2D eigenvalue weighted by atomic mass is 9.78. The minimum Gasteiger partial charge on any atom is -0.299 e. The average Bonchev–Trinajstić information content (AvgIpc) is 2.15. The van der Waals surface area contributed by atoms with E-state index < -0.39 is 0 Å². The van der Waals surface area contributed by atoms with Gasteiger partial charge in [-0.1, -0.05) is 65.0 Å². The highest BCUT2D eigenvalue weighted by Gasteiger charge is 2.27. The molecule has 0 aliphatic carbocycles. The number of hydrogen-bond donors (Lipinski definition) is 0. The largest absolute Gasteiger partial charge is 0.299 e. The fourth-order valence-electron chi connectivity index (χ4n) is 2.24. The Bertz CT molecular complexity index is 357. The lowest BCUT2D eigenvalue weighted by Gasteiger charge is -2.25. The Kier molecular flexibility index (Phi) is 4.50. The predicted octanol–water partition coefficient (Wildman–Crippen LogP) is 4.43. The highest BCUT2D eigenvalue weighted by molar-refractivity contribution is 5.86. The van der Waals surface area contributed by atoms with Gasteiger partial charge >= 0.3 is 0 Å². The fourth-order valence-corrected chi connectivity index (χ4v) is 2.24. The maximum Gasteiger partial charge on any atom is 0.141 e. The molecule has 1 nitrogen and oxygen atoms in total. The van der Waals surface area contributed by atoms with Gasteiger partial charge in [0.15, 0.2) is 0 Å². The summed E-state index contributed by atoms with van der Waals surface area (Å²) in [6.45, 7) is 10.6. The third-order valence-electron chi connectivity index (χ3n) is 2.88. The van der Waals surface area contributed by atoms with E-state index in [0.29, 0.717) is 18.1 Å². The lowest BCUT2D eigenvalue weighted by molar-refractivity contribution is -0.123. The molecule has 0 radical (unpaired) electrons. The summed E-state index contributed by atoms with van der Waals surface area (Å²) in [5.41, 5.74) is 1.22. The van der Waals surface area contributed by atoms with E-state index in [1.807, 2.05) is 18.2 Å². The van der Waals surface area contributed by atoms with Gasteiger partial charge in [-0.25, -0.2) is 0 Å². The van der Waals surface area contributed by atoms with Crippen molar-refractivity contribution in [2.24, 2.45) is 11.3 Å². The van der Waals surface area contributed by atoms with Crippen molar-refractivity contribution in [1.82, 2.24) is 0 Å². The normalized spacial score (nSPS) is 13.8. The van der Waals surface area contributed by atoms with Gasteiger partial charge in [-0.2, -0.15) is 0 Å². The Morgan fingerprint density at radius 1 is 1.12 bits per heavy atom. The van der Waals surface area contributed by atoms with Crippen LogP contribution >= 0.6 is 0 Å². The topological polar surface area (TPSA) is 17.1 Å². The zero-order valence-corrected chi connectivity index (χ0v) is 11.7. The van der Waals surface area contributed by atoms with E-state index in [0.717, 1.165) is 5.56 Å². The molecule has 0 aliphatic rings. The molecule has 1 rings (SSSR count). The van der Waals surface area contributed by atoms with Crippen molar-refractivity contribution in [2.75, 3.05) is 0 Å². The second kappa shape index (κ2) is 5.48. The molecule has 0 N–H and O–H groups in total. The molecule has 0 aromatic heterocycles. The van der Waals surface area contributed by atoms with E-state index in [-0.39, 0.29) is 11.3 Å². The van der Waals surface area contributed by atoms with Crippen LogP contribution < -0.4 is 0 Å². The van der Waals surface area contributed by atoms with Gasteiger partial charge in [-0.15, -0.1) is 0 Å². The molecule has 0 saturated carbocycles. The summed E-state index contributed by atoms with van der Waals surface area (Å²) < 4.78 is 0. The summed E-state index contributed by atoms with van der Waals surface area (Å²) in [4.78, 5) is 12.4. The van der Waals surface area contributed by atoms with Gasteiger partial charge in [0.05, 0.1) is 0 Å². The van der Waals surface area contributed by atoms with E-state index in [4.69, 9.17) is 0 Å².